The molecule has 1 fully saturated rings. The quantitative estimate of drug-likeness (QED) is 0.0213. The zero-order valence-corrected chi connectivity index (χ0v) is 39.8. The number of alkyl halides is 1. The van der Waals surface area contributed by atoms with Gasteiger partial charge in [-0.3, -0.25) is 9.69 Å². The highest BCUT2D eigenvalue weighted by Crippen LogP contribution is 2.62. The molecule has 12 nitrogen and oxygen atoms in total. The molecule has 0 unspecified atom stereocenters. The smallest absolute Gasteiger partial charge is 0.410 e. The summed E-state index contributed by atoms with van der Waals surface area (Å²) in [6.07, 6.45) is 8.63. The van der Waals surface area contributed by atoms with Crippen LogP contribution in [0.3, 0.4) is 0 Å². The normalized spacial score (nSPS) is 21.8. The highest BCUT2D eigenvalue weighted by atomic mass is 35.5. The predicted octanol–water partition coefficient (Wildman–Crippen LogP) is 11.2. The molecule has 0 bridgehead atoms. The zero-order chi connectivity index (χ0) is 48.2. The monoisotopic (exact) mass is 956 g/mol. The van der Waals surface area contributed by atoms with E-state index in [4.69, 9.17) is 45.3 Å². The fourth-order valence-corrected chi connectivity index (χ4v) is 10.7. The van der Waals surface area contributed by atoms with Crippen LogP contribution < -0.4 is 14.2 Å². The van der Waals surface area contributed by atoms with Crippen LogP contribution in [0.2, 0.25) is 0 Å². The van der Waals surface area contributed by atoms with Crippen LogP contribution in [0, 0.1) is 17.8 Å². The third kappa shape index (κ3) is 10.8. The molecule has 5 aromatic carbocycles. The van der Waals surface area contributed by atoms with E-state index in [0.29, 0.717) is 47.1 Å². The highest BCUT2D eigenvalue weighted by molar-refractivity contribution is 6.18. The van der Waals surface area contributed by atoms with Gasteiger partial charge in [-0.25, -0.2) is 4.79 Å². The van der Waals surface area contributed by atoms with Gasteiger partial charge in [0, 0.05) is 31.1 Å². The molecule has 6 atom stereocenters. The summed E-state index contributed by atoms with van der Waals surface area (Å²) in [5, 5.41) is 27.1. The van der Waals surface area contributed by atoms with Crippen LogP contribution in [0.15, 0.2) is 139 Å². The number of hydrogen-bond acceptors (Lipinski definition) is 11. The van der Waals surface area contributed by atoms with Gasteiger partial charge in [0.1, 0.15) is 42.3 Å². The Kier molecular flexibility index (Phi) is 16.7. The molecule has 13 heteroatoms. The number of ether oxygens (including phenoxy) is 5. The van der Waals surface area contributed by atoms with E-state index >= 15 is 0 Å². The van der Waals surface area contributed by atoms with Crippen molar-refractivity contribution in [1.29, 1.82) is 0 Å². The summed E-state index contributed by atoms with van der Waals surface area (Å²) in [5.74, 6) is -0.393. The lowest BCUT2D eigenvalue weighted by Crippen LogP contribution is -2.70. The maximum Gasteiger partial charge on any atom is 0.410 e. The maximum absolute atomic E-state index is 14.9. The average molecular weight is 958 g/mol. The number of amides is 1. The number of aldehydes is 1. The van der Waals surface area contributed by atoms with E-state index in [1.807, 2.05) is 91.0 Å². The average Bonchev–Trinajstić information content (AvgIpc) is 3.38. The highest BCUT2D eigenvalue weighted by Gasteiger charge is 2.65. The first-order valence-corrected chi connectivity index (χ1v) is 24.4. The summed E-state index contributed by atoms with van der Waals surface area (Å²) in [5.41, 5.74) is 4.61. The third-order valence-corrected chi connectivity index (χ3v) is 13.7. The van der Waals surface area contributed by atoms with Crippen molar-refractivity contribution in [3.63, 3.8) is 0 Å². The largest absolute Gasteiger partial charge is 0.496 e. The SMILES string of the molecule is C=CCO[C@@]12Oc3ccc(Oc4ccc(OC)c(C=O)c4)cc3[C@H]3[C@H](CCCCO)[C@@H](CCCCO)C=C(C(=NOCc4ccccc4)C[C@@H]1N(Cc1cccc4ccccc14)C(=O)OCCCl)[C@H]32. The Morgan fingerprint density at radius 1 is 0.928 bits per heavy atom. The first kappa shape index (κ1) is 49.2. The molecule has 1 heterocycles. The van der Waals surface area contributed by atoms with Crippen LogP contribution in [0.5, 0.6) is 23.0 Å². The van der Waals surface area contributed by atoms with Gasteiger partial charge in [-0.1, -0.05) is 103 Å². The van der Waals surface area contributed by atoms with Crippen molar-refractivity contribution >= 4 is 40.5 Å². The number of aliphatic hydroxyl groups excluding tert-OH is 2. The summed E-state index contributed by atoms with van der Waals surface area (Å²) in [7, 11) is 1.51. The molecule has 1 amide bonds. The van der Waals surface area contributed by atoms with Gasteiger partial charge < -0.3 is 38.7 Å². The molecule has 8 rings (SSSR count). The molecule has 0 spiro atoms. The lowest BCUT2D eigenvalue weighted by Gasteiger charge is -2.59. The Balaban J connectivity index is 1.35. The summed E-state index contributed by atoms with van der Waals surface area (Å²) < 4.78 is 32.5. The predicted molar refractivity (Wildman–Crippen MR) is 266 cm³/mol. The van der Waals surface area contributed by atoms with Crippen molar-refractivity contribution in [1.82, 2.24) is 4.90 Å². The Morgan fingerprint density at radius 2 is 1.68 bits per heavy atom. The minimum absolute atomic E-state index is 0.00667. The number of methoxy groups -OCH3 is 1. The van der Waals surface area contributed by atoms with Crippen LogP contribution in [0.1, 0.15) is 77.9 Å². The summed E-state index contributed by atoms with van der Waals surface area (Å²) in [4.78, 5) is 34.9. The van der Waals surface area contributed by atoms with E-state index in [1.165, 1.54) is 7.11 Å². The number of benzene rings is 5. The van der Waals surface area contributed by atoms with E-state index in [1.54, 1.807) is 29.2 Å². The summed E-state index contributed by atoms with van der Waals surface area (Å²) >= 11 is 6.19. The number of unbranched alkanes of at least 4 members (excludes halogenated alkanes) is 2. The fourth-order valence-electron chi connectivity index (χ4n) is 10.6. The number of nitrogens with zero attached hydrogens (tertiary/aromatic N) is 2. The van der Waals surface area contributed by atoms with Gasteiger partial charge in [0.25, 0.3) is 0 Å². The van der Waals surface area contributed by atoms with E-state index in [-0.39, 0.29) is 69.6 Å². The second-order valence-electron chi connectivity index (χ2n) is 17.7. The fraction of sp³-hybridized carbons (Fsp3) is 0.375. The molecule has 1 saturated carbocycles. The molecule has 5 aromatic rings. The molecule has 3 aliphatic rings. The van der Waals surface area contributed by atoms with Gasteiger partial charge in [-0.15, -0.1) is 18.2 Å². The van der Waals surface area contributed by atoms with Crippen LogP contribution in [-0.4, -0.2) is 84.5 Å². The minimum Gasteiger partial charge on any atom is -0.496 e. The van der Waals surface area contributed by atoms with Crippen LogP contribution in [-0.2, 0) is 27.5 Å². The lowest BCUT2D eigenvalue weighted by molar-refractivity contribution is -0.256. The van der Waals surface area contributed by atoms with Crippen molar-refractivity contribution in [2.45, 2.75) is 75.8 Å². The van der Waals surface area contributed by atoms with Gasteiger partial charge in [0.15, 0.2) is 6.29 Å². The lowest BCUT2D eigenvalue weighted by atomic mass is 9.55. The minimum atomic E-state index is -1.54. The van der Waals surface area contributed by atoms with E-state index in [0.717, 1.165) is 65.0 Å². The van der Waals surface area contributed by atoms with Crippen molar-refractivity contribution in [3.05, 3.63) is 156 Å². The van der Waals surface area contributed by atoms with Gasteiger partial charge in [-0.2, -0.15) is 0 Å². The molecule has 2 aliphatic carbocycles. The zero-order valence-electron chi connectivity index (χ0n) is 39.1. The van der Waals surface area contributed by atoms with Crippen LogP contribution in [0.4, 0.5) is 4.79 Å². The van der Waals surface area contributed by atoms with Crippen molar-refractivity contribution in [3.8, 4) is 23.0 Å². The number of carbonyl (C=O) groups excluding carboxylic acids is 2. The number of hydrogen-bond donors (Lipinski definition) is 2. The van der Waals surface area contributed by atoms with Gasteiger partial charge in [0.05, 0.1) is 43.3 Å². The molecule has 362 valence electrons. The molecule has 69 heavy (non-hydrogen) atoms. The molecule has 1 aliphatic heterocycles. The number of rotatable bonds is 23. The van der Waals surface area contributed by atoms with Crippen LogP contribution in [0.25, 0.3) is 10.8 Å². The second-order valence-corrected chi connectivity index (χ2v) is 18.1. The van der Waals surface area contributed by atoms with E-state index in [2.05, 4.69) is 12.7 Å². The third-order valence-electron chi connectivity index (χ3n) is 13.6. The topological polar surface area (TPSA) is 146 Å². The van der Waals surface area contributed by atoms with Gasteiger partial charge >= 0.3 is 6.09 Å². The van der Waals surface area contributed by atoms with Crippen molar-refractivity contribution in [2.24, 2.45) is 22.9 Å². The number of carbonyl (C=O) groups is 2. The van der Waals surface area contributed by atoms with Crippen molar-refractivity contribution < 1.29 is 48.3 Å². The van der Waals surface area contributed by atoms with E-state index < -0.39 is 23.8 Å². The molecule has 0 saturated heterocycles. The van der Waals surface area contributed by atoms with Gasteiger partial charge in [0.2, 0.25) is 5.79 Å². The van der Waals surface area contributed by atoms with Crippen molar-refractivity contribution in [2.75, 3.05) is 39.4 Å². The summed E-state index contributed by atoms with van der Waals surface area (Å²) in [6, 6.07) is 33.9. The van der Waals surface area contributed by atoms with Crippen LogP contribution >= 0.6 is 11.6 Å². The summed E-state index contributed by atoms with van der Waals surface area (Å²) in [6.45, 7) is 4.62. The van der Waals surface area contributed by atoms with Gasteiger partial charge in [-0.05, 0) is 101 Å². The first-order valence-electron chi connectivity index (χ1n) is 23.9. The number of aliphatic hydroxyl groups is 2. The number of oxime groups is 1. The molecular weight excluding hydrogens is 896 g/mol. The Bertz CT molecular complexity index is 2620. The Hall–Kier alpha value is -6.18. The number of allylic oxidation sites excluding steroid dienone is 1. The first-order chi connectivity index (χ1) is 33.9. The Morgan fingerprint density at radius 3 is 2.45 bits per heavy atom. The standard InChI is InChI=1S/C56H61ClN2O10/c1-3-29-66-56-52(59(55(63)65-30-26-57)35-41-19-13-18-39-16-7-8-20-45(39)41)34-49(58-67-37-38-14-5-4-6-15-38)47-32-40(17-9-11-27-60)46(21-10-12-28-61)53(54(47)56)48-33-44(23-25-51(48)69-56)68-43-22-24-50(64-2)42(31-43)36-62/h3-8,13-16,18-20,22-25,31-33,36,40,46,52-54,60-61H,1,9-12,17,21,26-30,34-35,37H2,2H3/t40-,46+,52-,53+,54+,56+/m0/s1. The molecule has 0 aromatic heterocycles. The Labute approximate surface area is 409 Å². The molecule has 0 radical (unpaired) electrons. The maximum atomic E-state index is 14.9. The second kappa shape index (κ2) is 23.4. The molecular formula is C56H61ClN2O10. The molecule has 2 N–H and O–H groups in total. The number of halogens is 1. The number of fused-ring (bicyclic) bond motifs is 3. The van der Waals surface area contributed by atoms with E-state index in [9.17, 15) is 19.8 Å².